The van der Waals surface area contributed by atoms with Crippen LogP contribution in [0, 0.1) is 23.3 Å². The van der Waals surface area contributed by atoms with Gasteiger partial charge in [-0.15, -0.1) is 0 Å². The Kier molecular flexibility index (Phi) is 5.16. The van der Waals surface area contributed by atoms with Crippen LogP contribution in [0.2, 0.25) is 0 Å². The molecule has 0 spiro atoms. The summed E-state index contributed by atoms with van der Waals surface area (Å²) in [7, 11) is 1.42. The molecular weight excluding hydrogens is 334 g/mol. The van der Waals surface area contributed by atoms with Crippen molar-refractivity contribution in [3.8, 4) is 0 Å². The number of rotatable bonds is 1. The van der Waals surface area contributed by atoms with E-state index >= 15 is 0 Å². The van der Waals surface area contributed by atoms with Crippen molar-refractivity contribution in [1.82, 2.24) is 8.75 Å². The summed E-state index contributed by atoms with van der Waals surface area (Å²) in [6.07, 6.45) is 0. The van der Waals surface area contributed by atoms with Gasteiger partial charge in [0.05, 0.1) is 17.4 Å². The molecule has 0 bridgehead atoms. The number of azo groups is 1. The van der Waals surface area contributed by atoms with Crippen LogP contribution in [-0.2, 0) is 0 Å². The van der Waals surface area contributed by atoms with Crippen LogP contribution in [0.3, 0.4) is 0 Å². The lowest BCUT2D eigenvalue weighted by Crippen LogP contribution is -1.90. The predicted molar refractivity (Wildman–Crippen MR) is 78.5 cm³/mol. The summed E-state index contributed by atoms with van der Waals surface area (Å²) in [6.45, 7) is 0. The minimum Gasteiger partial charge on any atom is -0.397 e. The van der Waals surface area contributed by atoms with Gasteiger partial charge < -0.3 is 5.73 Å². The second-order valence-electron chi connectivity index (χ2n) is 4.14. The number of anilines is 1. The van der Waals surface area contributed by atoms with Crippen LogP contribution >= 0.6 is 11.7 Å². The fourth-order valence-electron chi connectivity index (χ4n) is 1.53. The Hall–Kier alpha value is -2.62. The maximum atomic E-state index is 12.6. The van der Waals surface area contributed by atoms with Crippen LogP contribution in [0.25, 0.3) is 11.0 Å². The maximum Gasteiger partial charge on any atom is 0.161 e. The Balaban J connectivity index is 0.000000167. The van der Waals surface area contributed by atoms with Gasteiger partial charge in [-0.1, -0.05) is 0 Å². The van der Waals surface area contributed by atoms with Gasteiger partial charge in [-0.3, -0.25) is 0 Å². The topological polar surface area (TPSA) is 76.5 Å². The summed E-state index contributed by atoms with van der Waals surface area (Å²) in [6, 6.07) is 3.85. The minimum atomic E-state index is -0.984. The molecule has 0 aliphatic heterocycles. The highest BCUT2D eigenvalue weighted by molar-refractivity contribution is 7.00. The molecule has 0 atom stereocenters. The van der Waals surface area contributed by atoms with Gasteiger partial charge in [0.2, 0.25) is 0 Å². The van der Waals surface area contributed by atoms with Crippen molar-refractivity contribution >= 4 is 34.1 Å². The Bertz CT molecular complexity index is 829. The van der Waals surface area contributed by atoms with Crippen LogP contribution in [0.15, 0.2) is 34.5 Å². The molecule has 2 N–H and O–H groups in total. The van der Waals surface area contributed by atoms with Gasteiger partial charge in [0.15, 0.2) is 23.3 Å². The molecule has 0 aliphatic rings. The molecule has 1 heterocycles. The number of fused-ring (bicyclic) bond motifs is 1. The molecule has 2 aromatic carbocycles. The summed E-state index contributed by atoms with van der Waals surface area (Å²) >= 11 is 0.937. The number of aromatic nitrogens is 2. The summed E-state index contributed by atoms with van der Waals surface area (Å²) in [5, 5.41) is 6.89. The van der Waals surface area contributed by atoms with Crippen molar-refractivity contribution in [2.24, 2.45) is 10.2 Å². The zero-order valence-electron chi connectivity index (χ0n) is 11.6. The van der Waals surface area contributed by atoms with Gasteiger partial charge in [0.1, 0.15) is 16.7 Å². The van der Waals surface area contributed by atoms with Crippen molar-refractivity contribution in [3.05, 3.63) is 47.5 Å². The second kappa shape index (κ2) is 7.09. The zero-order valence-corrected chi connectivity index (χ0v) is 12.4. The van der Waals surface area contributed by atoms with Gasteiger partial charge >= 0.3 is 0 Å². The highest BCUT2D eigenvalue weighted by Gasteiger charge is 2.06. The van der Waals surface area contributed by atoms with Crippen LogP contribution in [0.4, 0.5) is 28.9 Å². The average Bonchev–Trinajstić information content (AvgIpc) is 2.93. The number of halogens is 4. The fraction of sp³-hybridized carbons (Fsp3) is 0.0769. The molecule has 5 nitrogen and oxygen atoms in total. The van der Waals surface area contributed by atoms with Gasteiger partial charge in [0, 0.05) is 31.3 Å². The molecule has 1 aromatic heterocycles. The van der Waals surface area contributed by atoms with E-state index in [-0.39, 0.29) is 11.4 Å². The highest BCUT2D eigenvalue weighted by atomic mass is 32.1. The zero-order chi connectivity index (χ0) is 17.0. The normalized spacial score (nSPS) is 10.8. The van der Waals surface area contributed by atoms with E-state index in [1.165, 1.54) is 7.05 Å². The Morgan fingerprint density at radius 1 is 0.870 bits per heavy atom. The number of nitrogens with two attached hydrogens (primary N) is 1. The largest absolute Gasteiger partial charge is 0.397 e. The van der Waals surface area contributed by atoms with Crippen LogP contribution in [-0.4, -0.2) is 15.8 Å². The van der Waals surface area contributed by atoms with Crippen molar-refractivity contribution in [3.63, 3.8) is 0 Å². The third-order valence-corrected chi connectivity index (χ3v) is 3.13. The van der Waals surface area contributed by atoms with Gasteiger partial charge in [0.25, 0.3) is 0 Å². The molecule has 0 saturated heterocycles. The first kappa shape index (κ1) is 16.7. The van der Waals surface area contributed by atoms with Crippen molar-refractivity contribution in [2.45, 2.75) is 0 Å². The number of benzene rings is 2. The molecule has 23 heavy (non-hydrogen) atoms. The lowest BCUT2D eigenvalue weighted by molar-refractivity contribution is 0.509. The summed E-state index contributed by atoms with van der Waals surface area (Å²) in [5.74, 6) is -3.73. The van der Waals surface area contributed by atoms with E-state index in [1.54, 1.807) is 0 Å². The van der Waals surface area contributed by atoms with Crippen LogP contribution in [0.1, 0.15) is 0 Å². The summed E-state index contributed by atoms with van der Waals surface area (Å²) < 4.78 is 57.5. The molecule has 0 fully saturated rings. The molecule has 0 radical (unpaired) electrons. The molecule has 10 heteroatoms. The average molecular weight is 343 g/mol. The first-order valence-corrected chi connectivity index (χ1v) is 6.77. The van der Waals surface area contributed by atoms with E-state index in [4.69, 9.17) is 5.73 Å². The van der Waals surface area contributed by atoms with Crippen molar-refractivity contribution in [2.75, 3.05) is 12.8 Å². The van der Waals surface area contributed by atoms with E-state index in [0.717, 1.165) is 36.0 Å². The van der Waals surface area contributed by atoms with E-state index < -0.39 is 23.3 Å². The third-order valence-electron chi connectivity index (χ3n) is 2.57. The quantitative estimate of drug-likeness (QED) is 0.408. The van der Waals surface area contributed by atoms with Crippen LogP contribution in [0.5, 0.6) is 0 Å². The van der Waals surface area contributed by atoms with E-state index in [9.17, 15) is 17.6 Å². The van der Waals surface area contributed by atoms with Gasteiger partial charge in [-0.05, 0) is 0 Å². The molecule has 0 aliphatic carbocycles. The Labute approximate surface area is 131 Å². The Morgan fingerprint density at radius 2 is 1.35 bits per heavy atom. The van der Waals surface area contributed by atoms with Gasteiger partial charge in [-0.25, -0.2) is 17.6 Å². The van der Waals surface area contributed by atoms with E-state index in [2.05, 4.69) is 19.0 Å². The minimum absolute atomic E-state index is 0.0690. The number of nitrogen functional groups attached to an aromatic ring is 1. The molecule has 3 aromatic rings. The monoisotopic (exact) mass is 343 g/mol. The third kappa shape index (κ3) is 3.97. The highest BCUT2D eigenvalue weighted by Crippen LogP contribution is 2.24. The predicted octanol–water partition coefficient (Wildman–Crippen LogP) is 4.23. The van der Waals surface area contributed by atoms with Crippen LogP contribution < -0.4 is 5.73 Å². The molecule has 120 valence electrons. The first-order chi connectivity index (χ1) is 10.9. The van der Waals surface area contributed by atoms with E-state index in [0.29, 0.717) is 11.0 Å². The standard InChI is InChI=1S/C7H7F2N3.C6H2F2N2S/c1-11-12-7-3-5(9)4(8)2-6(7)10;7-3-1-5-6(2-4(3)8)10-11-9-5/h2-3H,10H2,1H3;1-2H. The molecule has 0 amide bonds. The smallest absolute Gasteiger partial charge is 0.161 e. The lowest BCUT2D eigenvalue weighted by atomic mass is 10.2. The fourth-order valence-corrected chi connectivity index (χ4v) is 2.04. The first-order valence-electron chi connectivity index (χ1n) is 6.04. The van der Waals surface area contributed by atoms with E-state index in [1.807, 2.05) is 0 Å². The summed E-state index contributed by atoms with van der Waals surface area (Å²) in [4.78, 5) is 0. The lowest BCUT2D eigenvalue weighted by Gasteiger charge is -1.98. The SMILES string of the molecule is CN=Nc1cc(F)c(F)cc1N.Fc1cc2nsnc2cc1F. The van der Waals surface area contributed by atoms with Crippen molar-refractivity contribution in [1.29, 1.82) is 0 Å². The number of nitrogens with zero attached hydrogens (tertiary/aromatic N) is 4. The maximum absolute atomic E-state index is 12.6. The molecular formula is C13H9F4N5S. The number of hydrogen-bond acceptors (Lipinski definition) is 6. The second-order valence-corrected chi connectivity index (χ2v) is 4.67. The molecule has 3 rings (SSSR count). The Morgan fingerprint density at radius 3 is 1.87 bits per heavy atom. The molecule has 0 saturated carbocycles. The van der Waals surface area contributed by atoms with Crippen molar-refractivity contribution < 1.29 is 17.6 Å². The number of hydrogen-bond donors (Lipinski definition) is 1. The molecule has 0 unspecified atom stereocenters. The van der Waals surface area contributed by atoms with Gasteiger partial charge in [-0.2, -0.15) is 19.0 Å². The summed E-state index contributed by atoms with van der Waals surface area (Å²) in [5.41, 5.74) is 6.31.